The maximum absolute atomic E-state index is 13.2. The van der Waals surface area contributed by atoms with Crippen molar-refractivity contribution in [1.82, 2.24) is 9.38 Å². The minimum Gasteiger partial charge on any atom is -0.301 e. The average molecular weight is 218 g/mol. The largest absolute Gasteiger partial charge is 0.301 e. The minimum atomic E-state index is -0.196. The summed E-state index contributed by atoms with van der Waals surface area (Å²) in [6, 6.07) is 3.23. The van der Waals surface area contributed by atoms with Crippen LogP contribution in [0.1, 0.15) is 37.6 Å². The summed E-state index contributed by atoms with van der Waals surface area (Å²) < 4.78 is 15.1. The van der Waals surface area contributed by atoms with Gasteiger partial charge in [0.05, 0.1) is 5.69 Å². The lowest BCUT2D eigenvalue weighted by Crippen LogP contribution is -2.15. The molecule has 0 spiro atoms. The summed E-state index contributed by atoms with van der Waals surface area (Å²) in [4.78, 5) is 4.61. The summed E-state index contributed by atoms with van der Waals surface area (Å²) in [7, 11) is 0. The van der Waals surface area contributed by atoms with Crippen molar-refractivity contribution >= 4 is 5.65 Å². The lowest BCUT2D eigenvalue weighted by atomic mass is 9.84. The van der Waals surface area contributed by atoms with Crippen molar-refractivity contribution in [2.24, 2.45) is 5.92 Å². The third-order valence-corrected chi connectivity index (χ3v) is 3.48. The Morgan fingerprint density at radius 2 is 2.19 bits per heavy atom. The first-order chi connectivity index (χ1) is 7.65. The second kappa shape index (κ2) is 3.30. The molecule has 2 heterocycles. The number of pyridine rings is 1. The van der Waals surface area contributed by atoms with Crippen LogP contribution in [0.25, 0.3) is 5.65 Å². The van der Waals surface area contributed by atoms with Gasteiger partial charge in [-0.1, -0.05) is 13.8 Å². The van der Waals surface area contributed by atoms with Crippen LogP contribution in [0.2, 0.25) is 0 Å². The van der Waals surface area contributed by atoms with Crippen LogP contribution in [-0.2, 0) is 6.42 Å². The number of hydrogen-bond donors (Lipinski definition) is 0. The Hall–Kier alpha value is -1.38. The fourth-order valence-electron chi connectivity index (χ4n) is 2.81. The molecule has 2 unspecified atom stereocenters. The molecule has 0 saturated heterocycles. The van der Waals surface area contributed by atoms with Crippen LogP contribution >= 0.6 is 0 Å². The van der Waals surface area contributed by atoms with Crippen LogP contribution in [0.15, 0.2) is 18.3 Å². The summed E-state index contributed by atoms with van der Waals surface area (Å²) in [6.45, 7) is 4.45. The predicted octanol–water partition coefficient (Wildman–Crippen LogP) is 3.16. The quantitative estimate of drug-likeness (QED) is 0.664. The highest BCUT2D eigenvalue weighted by molar-refractivity contribution is 5.45. The Morgan fingerprint density at radius 1 is 1.38 bits per heavy atom. The van der Waals surface area contributed by atoms with Crippen molar-refractivity contribution in [2.45, 2.75) is 32.6 Å². The van der Waals surface area contributed by atoms with Crippen molar-refractivity contribution < 1.29 is 4.39 Å². The van der Waals surface area contributed by atoms with Crippen molar-refractivity contribution in [3.63, 3.8) is 0 Å². The highest BCUT2D eigenvalue weighted by atomic mass is 19.1. The minimum absolute atomic E-state index is 0.196. The molecular weight excluding hydrogens is 203 g/mol. The van der Waals surface area contributed by atoms with Crippen LogP contribution in [0.4, 0.5) is 4.39 Å². The van der Waals surface area contributed by atoms with Crippen LogP contribution < -0.4 is 0 Å². The number of aromatic nitrogens is 2. The summed E-state index contributed by atoms with van der Waals surface area (Å²) in [5.41, 5.74) is 3.22. The van der Waals surface area contributed by atoms with E-state index in [4.69, 9.17) is 0 Å². The Morgan fingerprint density at radius 3 is 3.00 bits per heavy atom. The molecule has 3 heteroatoms. The number of imidazole rings is 1. The number of nitrogens with zero attached hydrogens (tertiary/aromatic N) is 2. The van der Waals surface area contributed by atoms with E-state index in [-0.39, 0.29) is 5.82 Å². The molecule has 0 fully saturated rings. The van der Waals surface area contributed by atoms with E-state index >= 15 is 0 Å². The van der Waals surface area contributed by atoms with Gasteiger partial charge in [-0.15, -0.1) is 0 Å². The van der Waals surface area contributed by atoms with Crippen LogP contribution in [0.3, 0.4) is 0 Å². The van der Waals surface area contributed by atoms with Gasteiger partial charge in [0.15, 0.2) is 0 Å². The van der Waals surface area contributed by atoms with Gasteiger partial charge in [-0.25, -0.2) is 9.37 Å². The highest BCUT2D eigenvalue weighted by Gasteiger charge is 2.26. The van der Waals surface area contributed by atoms with Gasteiger partial charge in [-0.05, 0) is 30.9 Å². The Balaban J connectivity index is 2.27. The van der Waals surface area contributed by atoms with Gasteiger partial charge in [0, 0.05) is 17.8 Å². The molecule has 3 rings (SSSR count). The lowest BCUT2D eigenvalue weighted by molar-refractivity contribution is 0.437. The van der Waals surface area contributed by atoms with E-state index in [1.54, 1.807) is 12.3 Å². The van der Waals surface area contributed by atoms with E-state index in [1.807, 2.05) is 4.40 Å². The number of fused-ring (bicyclic) bond motifs is 3. The Labute approximate surface area is 94.1 Å². The molecule has 2 aromatic rings. The SMILES string of the molecule is CC1Cc2c(nc3ccc(F)cn23)C(C)C1. The van der Waals surface area contributed by atoms with Gasteiger partial charge in [-0.3, -0.25) is 0 Å². The molecular formula is C13H15FN2. The van der Waals surface area contributed by atoms with Crippen molar-refractivity contribution in [3.05, 3.63) is 35.5 Å². The maximum atomic E-state index is 13.2. The fraction of sp³-hybridized carbons (Fsp3) is 0.462. The zero-order valence-electron chi connectivity index (χ0n) is 9.57. The van der Waals surface area contributed by atoms with Crippen LogP contribution in [-0.4, -0.2) is 9.38 Å². The molecule has 2 aromatic heterocycles. The summed E-state index contributed by atoms with van der Waals surface area (Å²) in [5.74, 6) is 0.950. The van der Waals surface area contributed by atoms with Gasteiger partial charge in [-0.2, -0.15) is 0 Å². The molecule has 1 aliphatic rings. The van der Waals surface area contributed by atoms with Gasteiger partial charge in [0.1, 0.15) is 11.5 Å². The first kappa shape index (κ1) is 9.82. The van der Waals surface area contributed by atoms with Crippen molar-refractivity contribution in [2.75, 3.05) is 0 Å². The normalized spacial score (nSPS) is 24.7. The van der Waals surface area contributed by atoms with Crippen molar-refractivity contribution in [3.8, 4) is 0 Å². The topological polar surface area (TPSA) is 17.3 Å². The first-order valence-electron chi connectivity index (χ1n) is 5.81. The molecule has 0 saturated carbocycles. The zero-order chi connectivity index (χ0) is 11.3. The lowest BCUT2D eigenvalue weighted by Gasteiger charge is -2.23. The van der Waals surface area contributed by atoms with Crippen LogP contribution in [0.5, 0.6) is 0 Å². The number of hydrogen-bond acceptors (Lipinski definition) is 1. The summed E-state index contributed by atoms with van der Waals surface area (Å²) >= 11 is 0. The Bertz CT molecular complexity index is 544. The molecule has 2 atom stereocenters. The molecule has 0 aliphatic heterocycles. The maximum Gasteiger partial charge on any atom is 0.139 e. The average Bonchev–Trinajstić information content (AvgIpc) is 2.57. The van der Waals surface area contributed by atoms with E-state index in [1.165, 1.54) is 18.2 Å². The molecule has 0 N–H and O–H groups in total. The van der Waals surface area contributed by atoms with E-state index in [9.17, 15) is 4.39 Å². The summed E-state index contributed by atoms with van der Waals surface area (Å²) in [5, 5.41) is 0. The van der Waals surface area contributed by atoms with Crippen molar-refractivity contribution in [1.29, 1.82) is 0 Å². The van der Waals surface area contributed by atoms with Crippen LogP contribution in [0, 0.1) is 11.7 Å². The molecule has 0 aromatic carbocycles. The van der Waals surface area contributed by atoms with E-state index in [0.29, 0.717) is 11.8 Å². The molecule has 1 aliphatic carbocycles. The second-order valence-corrected chi connectivity index (χ2v) is 4.97. The van der Waals surface area contributed by atoms with E-state index in [0.717, 1.165) is 17.8 Å². The summed E-state index contributed by atoms with van der Waals surface area (Å²) in [6.07, 6.45) is 3.73. The highest BCUT2D eigenvalue weighted by Crippen LogP contribution is 2.34. The smallest absolute Gasteiger partial charge is 0.139 e. The molecule has 0 radical (unpaired) electrons. The number of rotatable bonds is 0. The molecule has 84 valence electrons. The monoisotopic (exact) mass is 218 g/mol. The zero-order valence-corrected chi connectivity index (χ0v) is 9.57. The fourth-order valence-corrected chi connectivity index (χ4v) is 2.81. The molecule has 16 heavy (non-hydrogen) atoms. The van der Waals surface area contributed by atoms with Gasteiger partial charge in [0.2, 0.25) is 0 Å². The van der Waals surface area contributed by atoms with Gasteiger partial charge >= 0.3 is 0 Å². The van der Waals surface area contributed by atoms with E-state index < -0.39 is 0 Å². The second-order valence-electron chi connectivity index (χ2n) is 4.97. The third kappa shape index (κ3) is 1.34. The molecule has 0 amide bonds. The van der Waals surface area contributed by atoms with E-state index in [2.05, 4.69) is 18.8 Å². The Kier molecular flexibility index (Phi) is 2.03. The van der Waals surface area contributed by atoms with Gasteiger partial charge < -0.3 is 4.40 Å². The standard InChI is InChI=1S/C13H15FN2/c1-8-5-9(2)13-11(6-8)16-7-10(14)3-4-12(16)15-13/h3-4,7-9H,5-6H2,1-2H3. The number of halogens is 1. The predicted molar refractivity (Wildman–Crippen MR) is 61.1 cm³/mol. The third-order valence-electron chi connectivity index (χ3n) is 3.48. The first-order valence-corrected chi connectivity index (χ1v) is 5.81. The van der Waals surface area contributed by atoms with Gasteiger partial charge in [0.25, 0.3) is 0 Å². The molecule has 2 nitrogen and oxygen atoms in total. The molecule has 0 bridgehead atoms.